The first-order chi connectivity index (χ1) is 10.8. The molecule has 1 aliphatic carbocycles. The Bertz CT molecular complexity index is 662. The fourth-order valence-electron chi connectivity index (χ4n) is 2.52. The van der Waals surface area contributed by atoms with Gasteiger partial charge in [0, 0.05) is 37.6 Å². The average molecular weight is 299 g/mol. The summed E-state index contributed by atoms with van der Waals surface area (Å²) in [4.78, 5) is 17.6. The molecule has 7 nitrogen and oxygen atoms in total. The first kappa shape index (κ1) is 13.2. The third-order valence-electron chi connectivity index (χ3n) is 4.13. The van der Waals surface area contributed by atoms with Crippen LogP contribution in [0.1, 0.15) is 36.1 Å². The standard InChI is InChI=1S/C15H17N5O2/c21-15(22-10-11-3-5-16-6-4-11)19-7-13(8-19)20-9-14(17-18-20)12-1-2-12/h3-6,9,12-13H,1-2,7-8,10H2. The maximum Gasteiger partial charge on any atom is 0.410 e. The van der Waals surface area contributed by atoms with E-state index < -0.39 is 0 Å². The lowest BCUT2D eigenvalue weighted by atomic mass is 10.1. The van der Waals surface area contributed by atoms with Crippen molar-refractivity contribution < 1.29 is 9.53 Å². The zero-order chi connectivity index (χ0) is 14.9. The third-order valence-corrected chi connectivity index (χ3v) is 4.13. The SMILES string of the molecule is O=C(OCc1ccncc1)N1CC(n2cc(C3CC3)nn2)C1. The Labute approximate surface area is 127 Å². The second kappa shape index (κ2) is 5.40. The predicted octanol–water partition coefficient (Wildman–Crippen LogP) is 1.74. The van der Waals surface area contributed by atoms with Gasteiger partial charge in [-0.3, -0.25) is 4.98 Å². The summed E-state index contributed by atoms with van der Waals surface area (Å²) in [6.45, 7) is 1.53. The highest BCUT2D eigenvalue weighted by molar-refractivity contribution is 5.68. The molecule has 114 valence electrons. The van der Waals surface area contributed by atoms with Crippen LogP contribution in [0.15, 0.2) is 30.7 Å². The Morgan fingerprint density at radius 2 is 2.05 bits per heavy atom. The summed E-state index contributed by atoms with van der Waals surface area (Å²) in [5.74, 6) is 0.607. The van der Waals surface area contributed by atoms with Gasteiger partial charge in [-0.25, -0.2) is 9.48 Å². The van der Waals surface area contributed by atoms with E-state index in [1.807, 2.05) is 23.0 Å². The number of hydrogen-bond acceptors (Lipinski definition) is 5. The van der Waals surface area contributed by atoms with Crippen molar-refractivity contribution in [2.45, 2.75) is 31.4 Å². The normalized spacial score (nSPS) is 18.1. The van der Waals surface area contributed by atoms with Crippen molar-refractivity contribution in [3.63, 3.8) is 0 Å². The van der Waals surface area contributed by atoms with Crippen molar-refractivity contribution in [2.75, 3.05) is 13.1 Å². The van der Waals surface area contributed by atoms with Gasteiger partial charge < -0.3 is 9.64 Å². The molecule has 2 aromatic heterocycles. The minimum absolute atomic E-state index is 0.216. The van der Waals surface area contributed by atoms with Crippen molar-refractivity contribution >= 4 is 6.09 Å². The maximum atomic E-state index is 11.9. The minimum Gasteiger partial charge on any atom is -0.445 e. The van der Waals surface area contributed by atoms with Gasteiger partial charge in [0.05, 0.1) is 11.7 Å². The number of likely N-dealkylation sites (tertiary alicyclic amines) is 1. The molecule has 7 heteroatoms. The van der Waals surface area contributed by atoms with E-state index in [-0.39, 0.29) is 18.7 Å². The molecule has 1 aliphatic heterocycles. The molecule has 2 fully saturated rings. The summed E-state index contributed by atoms with van der Waals surface area (Å²) in [6.07, 6.45) is 7.54. The Balaban J connectivity index is 1.26. The number of carbonyl (C=O) groups excluding carboxylic acids is 1. The van der Waals surface area contributed by atoms with Crippen LogP contribution in [-0.2, 0) is 11.3 Å². The van der Waals surface area contributed by atoms with Crippen molar-refractivity contribution in [2.24, 2.45) is 0 Å². The van der Waals surface area contributed by atoms with E-state index in [4.69, 9.17) is 4.74 Å². The largest absolute Gasteiger partial charge is 0.445 e. The van der Waals surface area contributed by atoms with Gasteiger partial charge >= 0.3 is 6.09 Å². The minimum atomic E-state index is -0.282. The van der Waals surface area contributed by atoms with Crippen LogP contribution < -0.4 is 0 Å². The lowest BCUT2D eigenvalue weighted by Gasteiger charge is -2.37. The number of rotatable bonds is 4. The molecule has 1 saturated carbocycles. The van der Waals surface area contributed by atoms with E-state index >= 15 is 0 Å². The van der Waals surface area contributed by atoms with Gasteiger partial charge in [0.25, 0.3) is 0 Å². The predicted molar refractivity (Wildman–Crippen MR) is 77.0 cm³/mol. The summed E-state index contributed by atoms with van der Waals surface area (Å²) < 4.78 is 7.16. The number of ether oxygens (including phenoxy) is 1. The summed E-state index contributed by atoms with van der Waals surface area (Å²) >= 11 is 0. The molecular formula is C15H17N5O2. The fraction of sp³-hybridized carbons (Fsp3) is 0.467. The van der Waals surface area contributed by atoms with E-state index in [2.05, 4.69) is 15.3 Å². The molecule has 1 amide bonds. The van der Waals surface area contributed by atoms with E-state index in [1.165, 1.54) is 12.8 Å². The second-order valence-electron chi connectivity index (χ2n) is 5.87. The van der Waals surface area contributed by atoms with Crippen LogP contribution in [-0.4, -0.2) is 44.1 Å². The lowest BCUT2D eigenvalue weighted by molar-refractivity contribution is 0.0491. The molecule has 0 N–H and O–H groups in total. The van der Waals surface area contributed by atoms with Crippen LogP contribution in [0.25, 0.3) is 0 Å². The molecule has 0 spiro atoms. The van der Waals surface area contributed by atoms with Crippen LogP contribution in [0.5, 0.6) is 0 Å². The summed E-state index contributed by atoms with van der Waals surface area (Å²) in [5, 5.41) is 8.37. The topological polar surface area (TPSA) is 73.1 Å². The van der Waals surface area contributed by atoms with Crippen molar-refractivity contribution in [1.82, 2.24) is 24.9 Å². The van der Waals surface area contributed by atoms with E-state index in [1.54, 1.807) is 17.3 Å². The number of aromatic nitrogens is 4. The van der Waals surface area contributed by atoms with Crippen LogP contribution in [0.3, 0.4) is 0 Å². The number of amides is 1. The van der Waals surface area contributed by atoms with Crippen molar-refractivity contribution in [3.8, 4) is 0 Å². The molecule has 4 rings (SSSR count). The summed E-state index contributed by atoms with van der Waals surface area (Å²) in [7, 11) is 0. The van der Waals surface area contributed by atoms with Gasteiger partial charge in [-0.2, -0.15) is 0 Å². The highest BCUT2D eigenvalue weighted by atomic mass is 16.6. The molecule has 3 heterocycles. The molecule has 0 atom stereocenters. The maximum absolute atomic E-state index is 11.9. The van der Waals surface area contributed by atoms with Crippen LogP contribution in [0, 0.1) is 0 Å². The van der Waals surface area contributed by atoms with Gasteiger partial charge in [-0.1, -0.05) is 5.21 Å². The van der Waals surface area contributed by atoms with Gasteiger partial charge in [-0.15, -0.1) is 5.10 Å². The van der Waals surface area contributed by atoms with Gasteiger partial charge in [0.2, 0.25) is 0 Å². The van der Waals surface area contributed by atoms with E-state index in [0.717, 1.165) is 11.3 Å². The Kier molecular flexibility index (Phi) is 3.25. The highest BCUT2D eigenvalue weighted by Gasteiger charge is 2.35. The Hall–Kier alpha value is -2.44. The van der Waals surface area contributed by atoms with Crippen LogP contribution >= 0.6 is 0 Å². The second-order valence-corrected chi connectivity index (χ2v) is 5.87. The molecule has 2 aromatic rings. The quantitative estimate of drug-likeness (QED) is 0.860. The Morgan fingerprint density at radius 1 is 1.27 bits per heavy atom. The first-order valence-corrected chi connectivity index (χ1v) is 7.52. The lowest BCUT2D eigenvalue weighted by Crippen LogP contribution is -2.51. The summed E-state index contributed by atoms with van der Waals surface area (Å²) in [5.41, 5.74) is 2.02. The molecule has 2 aliphatic rings. The molecule has 0 aromatic carbocycles. The zero-order valence-corrected chi connectivity index (χ0v) is 12.1. The van der Waals surface area contributed by atoms with Crippen LogP contribution in [0.2, 0.25) is 0 Å². The van der Waals surface area contributed by atoms with Gasteiger partial charge in [-0.05, 0) is 30.5 Å². The molecule has 0 bridgehead atoms. The number of carbonyl (C=O) groups is 1. The smallest absolute Gasteiger partial charge is 0.410 e. The van der Waals surface area contributed by atoms with E-state index in [0.29, 0.717) is 19.0 Å². The molecule has 0 unspecified atom stereocenters. The first-order valence-electron chi connectivity index (χ1n) is 7.52. The van der Waals surface area contributed by atoms with Crippen LogP contribution in [0.4, 0.5) is 4.79 Å². The highest BCUT2D eigenvalue weighted by Crippen LogP contribution is 2.39. The summed E-state index contributed by atoms with van der Waals surface area (Å²) in [6, 6.07) is 3.88. The van der Waals surface area contributed by atoms with Crippen molar-refractivity contribution in [3.05, 3.63) is 42.0 Å². The third kappa shape index (κ3) is 2.66. The number of pyridine rings is 1. The van der Waals surface area contributed by atoms with Crippen molar-refractivity contribution in [1.29, 1.82) is 0 Å². The Morgan fingerprint density at radius 3 is 2.77 bits per heavy atom. The van der Waals surface area contributed by atoms with Gasteiger partial charge in [0.1, 0.15) is 6.61 Å². The molecule has 0 radical (unpaired) electrons. The van der Waals surface area contributed by atoms with Gasteiger partial charge in [0.15, 0.2) is 0 Å². The number of nitrogens with zero attached hydrogens (tertiary/aromatic N) is 5. The molecule has 1 saturated heterocycles. The van der Waals surface area contributed by atoms with E-state index in [9.17, 15) is 4.79 Å². The fourth-order valence-corrected chi connectivity index (χ4v) is 2.52. The number of hydrogen-bond donors (Lipinski definition) is 0. The monoisotopic (exact) mass is 299 g/mol. The zero-order valence-electron chi connectivity index (χ0n) is 12.1. The molecular weight excluding hydrogens is 282 g/mol. The average Bonchev–Trinajstić information content (AvgIpc) is 3.24. The molecule has 22 heavy (non-hydrogen) atoms.